The molecule has 1 aromatic carbocycles. The maximum Gasteiger partial charge on any atom is 0.246 e. The number of carbonyl (C=O) groups is 1. The van der Waals surface area contributed by atoms with E-state index in [-0.39, 0.29) is 24.6 Å². The summed E-state index contributed by atoms with van der Waals surface area (Å²) in [7, 11) is 1.76. The Labute approximate surface area is 156 Å². The van der Waals surface area contributed by atoms with Gasteiger partial charge in [0.25, 0.3) is 0 Å². The zero-order valence-electron chi connectivity index (χ0n) is 14.5. The van der Waals surface area contributed by atoms with Crippen molar-refractivity contribution in [3.8, 4) is 11.4 Å². The van der Waals surface area contributed by atoms with E-state index in [0.717, 1.165) is 12.1 Å². The SMILES string of the molecule is COC1C2CC3CN(C(=O)Cn4nnc(-c5ccc(Cl)cc5)n4)C1C3C2. The molecule has 5 rings (SSSR count). The highest BCUT2D eigenvalue weighted by Gasteiger charge is 2.60. The highest BCUT2D eigenvalue weighted by molar-refractivity contribution is 6.30. The largest absolute Gasteiger partial charge is 0.379 e. The van der Waals surface area contributed by atoms with Crippen molar-refractivity contribution in [2.45, 2.75) is 31.5 Å². The first-order valence-electron chi connectivity index (χ1n) is 9.00. The predicted molar refractivity (Wildman–Crippen MR) is 94.3 cm³/mol. The van der Waals surface area contributed by atoms with E-state index in [1.807, 2.05) is 17.0 Å². The van der Waals surface area contributed by atoms with Gasteiger partial charge in [-0.1, -0.05) is 11.6 Å². The van der Waals surface area contributed by atoms with Crippen LogP contribution in [0.3, 0.4) is 0 Å². The van der Waals surface area contributed by atoms with Gasteiger partial charge in [0.05, 0.1) is 12.1 Å². The van der Waals surface area contributed by atoms with Crippen molar-refractivity contribution in [1.29, 1.82) is 0 Å². The number of tetrazole rings is 1. The van der Waals surface area contributed by atoms with Gasteiger partial charge >= 0.3 is 0 Å². The van der Waals surface area contributed by atoms with Gasteiger partial charge in [0.1, 0.15) is 6.54 Å². The Morgan fingerprint density at radius 3 is 2.85 bits per heavy atom. The summed E-state index contributed by atoms with van der Waals surface area (Å²) in [5, 5.41) is 13.1. The van der Waals surface area contributed by atoms with Gasteiger partial charge < -0.3 is 9.64 Å². The Kier molecular flexibility index (Phi) is 3.76. The smallest absolute Gasteiger partial charge is 0.246 e. The summed E-state index contributed by atoms with van der Waals surface area (Å²) in [5.74, 6) is 2.38. The topological polar surface area (TPSA) is 73.1 Å². The van der Waals surface area contributed by atoms with E-state index < -0.39 is 0 Å². The van der Waals surface area contributed by atoms with Gasteiger partial charge in [-0.15, -0.1) is 10.2 Å². The van der Waals surface area contributed by atoms with E-state index in [1.54, 1.807) is 19.2 Å². The van der Waals surface area contributed by atoms with Crippen molar-refractivity contribution in [2.75, 3.05) is 13.7 Å². The highest BCUT2D eigenvalue weighted by Crippen LogP contribution is 2.55. The van der Waals surface area contributed by atoms with Crippen molar-refractivity contribution in [3.63, 3.8) is 0 Å². The lowest BCUT2D eigenvalue weighted by atomic mass is 9.88. The third kappa shape index (κ3) is 2.45. The molecule has 136 valence electrons. The Balaban J connectivity index is 1.31. The average Bonchev–Trinajstić information content (AvgIpc) is 3.36. The first-order chi connectivity index (χ1) is 12.6. The zero-order valence-corrected chi connectivity index (χ0v) is 15.2. The summed E-state index contributed by atoms with van der Waals surface area (Å²) in [5.41, 5.74) is 0.824. The lowest BCUT2D eigenvalue weighted by molar-refractivity contribution is -0.135. The van der Waals surface area contributed by atoms with Crippen LogP contribution >= 0.6 is 11.6 Å². The number of amides is 1. The van der Waals surface area contributed by atoms with E-state index in [4.69, 9.17) is 16.3 Å². The molecule has 3 aliphatic rings. The lowest BCUT2D eigenvalue weighted by Crippen LogP contribution is -2.45. The number of benzene rings is 1. The fourth-order valence-corrected chi connectivity index (χ4v) is 5.37. The van der Waals surface area contributed by atoms with E-state index in [9.17, 15) is 4.79 Å². The number of hydrogen-bond donors (Lipinski definition) is 0. The monoisotopic (exact) mass is 373 g/mol. The highest BCUT2D eigenvalue weighted by atomic mass is 35.5. The molecule has 1 aromatic heterocycles. The number of carbonyl (C=O) groups excluding carboxylic acids is 1. The number of likely N-dealkylation sites (tertiary alicyclic amines) is 1. The third-order valence-corrected chi connectivity index (χ3v) is 6.49. The summed E-state index contributed by atoms with van der Waals surface area (Å²) in [6.07, 6.45) is 2.56. The molecule has 2 aromatic rings. The van der Waals surface area contributed by atoms with Crippen LogP contribution in [0.5, 0.6) is 0 Å². The van der Waals surface area contributed by atoms with E-state index in [2.05, 4.69) is 15.4 Å². The van der Waals surface area contributed by atoms with Gasteiger partial charge in [-0.3, -0.25) is 4.79 Å². The van der Waals surface area contributed by atoms with Gasteiger partial charge in [-0.2, -0.15) is 4.80 Å². The van der Waals surface area contributed by atoms with Crippen LogP contribution in [0.1, 0.15) is 12.8 Å². The van der Waals surface area contributed by atoms with E-state index in [1.165, 1.54) is 17.6 Å². The van der Waals surface area contributed by atoms with Crippen LogP contribution in [0.25, 0.3) is 11.4 Å². The van der Waals surface area contributed by atoms with Crippen LogP contribution < -0.4 is 0 Å². The van der Waals surface area contributed by atoms with Crippen molar-refractivity contribution in [3.05, 3.63) is 29.3 Å². The second-order valence-electron chi connectivity index (χ2n) is 7.54. The van der Waals surface area contributed by atoms with Crippen LogP contribution in [-0.4, -0.2) is 56.8 Å². The maximum atomic E-state index is 12.9. The second-order valence-corrected chi connectivity index (χ2v) is 7.98. The molecule has 1 amide bonds. The number of ether oxygens (including phenoxy) is 1. The Bertz CT molecular complexity index is 836. The number of rotatable bonds is 4. The summed E-state index contributed by atoms with van der Waals surface area (Å²) >= 11 is 5.91. The second kappa shape index (κ2) is 6.03. The number of fused-ring (bicyclic) bond motifs is 1. The standard InChI is InChI=1S/C18H20ClN5O2/c1-26-17-11-6-12-8-23(16(17)14(12)7-11)15(25)9-24-21-18(20-22-24)10-2-4-13(19)5-3-10/h2-5,11-12,14,16-17H,6-9H2,1H3. The van der Waals surface area contributed by atoms with Crippen molar-refractivity contribution < 1.29 is 9.53 Å². The molecule has 26 heavy (non-hydrogen) atoms. The predicted octanol–water partition coefficient (Wildman–Crippen LogP) is 1.88. The van der Waals surface area contributed by atoms with Crippen molar-refractivity contribution in [2.24, 2.45) is 17.8 Å². The fourth-order valence-electron chi connectivity index (χ4n) is 5.24. The third-order valence-electron chi connectivity index (χ3n) is 6.24. The van der Waals surface area contributed by atoms with Gasteiger partial charge in [-0.25, -0.2) is 0 Å². The number of halogens is 1. The molecule has 0 spiro atoms. The van der Waals surface area contributed by atoms with E-state index >= 15 is 0 Å². The minimum atomic E-state index is 0.0483. The molecule has 1 aliphatic heterocycles. The molecule has 2 heterocycles. The molecule has 5 atom stereocenters. The Hall–Kier alpha value is -1.99. The molecule has 5 unspecified atom stereocenters. The molecular formula is C18H20ClN5O2. The molecule has 7 nitrogen and oxygen atoms in total. The minimum absolute atomic E-state index is 0.0483. The number of aromatic nitrogens is 4. The minimum Gasteiger partial charge on any atom is -0.379 e. The van der Waals surface area contributed by atoms with Crippen LogP contribution in [0.15, 0.2) is 24.3 Å². The van der Waals surface area contributed by atoms with Crippen LogP contribution in [0.4, 0.5) is 0 Å². The molecule has 2 aliphatic carbocycles. The molecule has 2 saturated carbocycles. The van der Waals surface area contributed by atoms with Crippen molar-refractivity contribution >= 4 is 17.5 Å². The van der Waals surface area contributed by atoms with Gasteiger partial charge in [0.15, 0.2) is 0 Å². The molecule has 2 bridgehead atoms. The average molecular weight is 374 g/mol. The molecule has 1 saturated heterocycles. The van der Waals surface area contributed by atoms with Crippen LogP contribution in [-0.2, 0) is 16.1 Å². The Morgan fingerprint density at radius 1 is 1.27 bits per heavy atom. The maximum absolute atomic E-state index is 12.9. The van der Waals surface area contributed by atoms with E-state index in [0.29, 0.717) is 28.6 Å². The normalized spacial score (nSPS) is 31.8. The summed E-state index contributed by atoms with van der Waals surface area (Å²) in [4.78, 5) is 16.3. The first-order valence-corrected chi connectivity index (χ1v) is 9.38. The first kappa shape index (κ1) is 16.2. The van der Waals surface area contributed by atoms with Crippen molar-refractivity contribution in [1.82, 2.24) is 25.1 Å². The van der Waals surface area contributed by atoms with Crippen LogP contribution in [0, 0.1) is 17.8 Å². The lowest BCUT2D eigenvalue weighted by Gasteiger charge is -2.31. The van der Waals surface area contributed by atoms with Gasteiger partial charge in [-0.05, 0) is 60.1 Å². The summed E-state index contributed by atoms with van der Waals surface area (Å²) in [6.45, 7) is 0.945. The fraction of sp³-hybridized carbons (Fsp3) is 0.556. The Morgan fingerprint density at radius 2 is 2.08 bits per heavy atom. The number of methoxy groups -OCH3 is 1. The molecule has 0 radical (unpaired) electrons. The summed E-state index contributed by atoms with van der Waals surface area (Å²) < 4.78 is 5.72. The quantitative estimate of drug-likeness (QED) is 0.818. The van der Waals surface area contributed by atoms with Gasteiger partial charge in [0, 0.05) is 24.2 Å². The van der Waals surface area contributed by atoms with Crippen LogP contribution in [0.2, 0.25) is 5.02 Å². The molecular weight excluding hydrogens is 354 g/mol. The molecule has 0 N–H and O–H groups in total. The zero-order chi connectivity index (χ0) is 17.8. The number of nitrogens with zero attached hydrogens (tertiary/aromatic N) is 5. The summed E-state index contributed by atoms with van der Waals surface area (Å²) in [6, 6.07) is 7.46. The molecule has 3 fully saturated rings. The number of hydrogen-bond acceptors (Lipinski definition) is 5. The molecule has 8 heteroatoms. The van der Waals surface area contributed by atoms with Gasteiger partial charge in [0.2, 0.25) is 11.7 Å².